The minimum Gasteiger partial charge on any atom is -0.330 e. The van der Waals surface area contributed by atoms with E-state index in [9.17, 15) is 9.59 Å². The van der Waals surface area contributed by atoms with E-state index in [1.54, 1.807) is 10.9 Å². The molecule has 3 rings (SSSR count). The van der Waals surface area contributed by atoms with Crippen molar-refractivity contribution in [2.45, 2.75) is 37.8 Å². The van der Waals surface area contributed by atoms with E-state index >= 15 is 0 Å². The lowest BCUT2D eigenvalue weighted by atomic mass is 9.72. The third kappa shape index (κ3) is 2.21. The highest BCUT2D eigenvalue weighted by Gasteiger charge is 2.55. The van der Waals surface area contributed by atoms with Crippen LogP contribution in [0.4, 0.5) is 4.79 Å². The van der Waals surface area contributed by atoms with Gasteiger partial charge in [0.1, 0.15) is 5.54 Å². The third-order valence-electron chi connectivity index (χ3n) is 4.66. The predicted octanol–water partition coefficient (Wildman–Crippen LogP) is 0.360. The molecule has 1 spiro atoms. The van der Waals surface area contributed by atoms with Gasteiger partial charge in [0, 0.05) is 24.7 Å². The Hall–Kier alpha value is -1.89. The van der Waals surface area contributed by atoms with Crippen LogP contribution in [0, 0.1) is 5.92 Å². The van der Waals surface area contributed by atoms with Crippen LogP contribution < -0.4 is 11.1 Å². The van der Waals surface area contributed by atoms with Gasteiger partial charge in [0.2, 0.25) is 0 Å². The molecule has 3 amide bonds. The summed E-state index contributed by atoms with van der Waals surface area (Å²) in [7, 11) is 1.81. The zero-order valence-corrected chi connectivity index (χ0v) is 12.2. The van der Waals surface area contributed by atoms with Crippen LogP contribution in [0.25, 0.3) is 0 Å². The Bertz CT molecular complexity index is 569. The number of nitrogens with two attached hydrogens (primary N) is 1. The van der Waals surface area contributed by atoms with Gasteiger partial charge in [-0.05, 0) is 19.4 Å². The fourth-order valence-electron chi connectivity index (χ4n) is 3.53. The Morgan fingerprint density at radius 2 is 2.29 bits per heavy atom. The Morgan fingerprint density at radius 3 is 2.95 bits per heavy atom. The van der Waals surface area contributed by atoms with E-state index < -0.39 is 5.54 Å². The van der Waals surface area contributed by atoms with Gasteiger partial charge in [0.25, 0.3) is 5.91 Å². The molecule has 1 aromatic heterocycles. The van der Waals surface area contributed by atoms with Crippen molar-refractivity contribution in [1.82, 2.24) is 20.0 Å². The number of urea groups is 1. The molecular weight excluding hydrogens is 270 g/mol. The molecule has 0 bridgehead atoms. The molecule has 2 aliphatic rings. The first-order valence-electron chi connectivity index (χ1n) is 7.38. The molecule has 1 saturated heterocycles. The predicted molar refractivity (Wildman–Crippen MR) is 76.0 cm³/mol. The van der Waals surface area contributed by atoms with Crippen LogP contribution in [0.5, 0.6) is 0 Å². The Balaban J connectivity index is 1.84. The maximum Gasteiger partial charge on any atom is 0.325 e. The van der Waals surface area contributed by atoms with Crippen LogP contribution in [0.3, 0.4) is 0 Å². The zero-order chi connectivity index (χ0) is 15.0. The highest BCUT2D eigenvalue weighted by Crippen LogP contribution is 2.38. The van der Waals surface area contributed by atoms with Crippen LogP contribution in [0.2, 0.25) is 0 Å². The average Bonchev–Trinajstić information content (AvgIpc) is 2.98. The van der Waals surface area contributed by atoms with Crippen LogP contribution in [-0.2, 0) is 18.4 Å². The van der Waals surface area contributed by atoms with Crippen LogP contribution >= 0.6 is 0 Å². The Morgan fingerprint density at radius 1 is 1.48 bits per heavy atom. The van der Waals surface area contributed by atoms with Crippen molar-refractivity contribution in [3.63, 3.8) is 0 Å². The van der Waals surface area contributed by atoms with Gasteiger partial charge in [-0.15, -0.1) is 0 Å². The summed E-state index contributed by atoms with van der Waals surface area (Å²) >= 11 is 0. The van der Waals surface area contributed by atoms with Gasteiger partial charge in [-0.3, -0.25) is 14.4 Å². The normalized spacial score (nSPS) is 29.2. The first-order chi connectivity index (χ1) is 10.1. The zero-order valence-electron chi connectivity index (χ0n) is 12.2. The SMILES string of the molecule is Cn1cc(CN2C(=O)NC3(CCCCC3CN)C2=O)cn1. The quantitative estimate of drug-likeness (QED) is 0.786. The van der Waals surface area contributed by atoms with E-state index in [1.807, 2.05) is 13.2 Å². The second-order valence-electron chi connectivity index (χ2n) is 5.99. The van der Waals surface area contributed by atoms with Crippen LogP contribution in [0.15, 0.2) is 12.4 Å². The lowest BCUT2D eigenvalue weighted by Gasteiger charge is -2.38. The number of nitrogens with zero attached hydrogens (tertiary/aromatic N) is 3. The van der Waals surface area contributed by atoms with Crippen molar-refractivity contribution in [3.8, 4) is 0 Å². The summed E-state index contributed by atoms with van der Waals surface area (Å²) < 4.78 is 1.66. The van der Waals surface area contributed by atoms with Crippen molar-refractivity contribution in [1.29, 1.82) is 0 Å². The second kappa shape index (κ2) is 5.14. The number of imide groups is 1. The van der Waals surface area contributed by atoms with Crippen molar-refractivity contribution in [2.24, 2.45) is 18.7 Å². The largest absolute Gasteiger partial charge is 0.330 e. The molecule has 1 aliphatic carbocycles. The number of carbonyl (C=O) groups excluding carboxylic acids is 2. The molecule has 0 aromatic carbocycles. The molecule has 0 radical (unpaired) electrons. The fourth-order valence-corrected chi connectivity index (χ4v) is 3.53. The Labute approximate surface area is 123 Å². The van der Waals surface area contributed by atoms with Crippen molar-refractivity contribution in [3.05, 3.63) is 18.0 Å². The van der Waals surface area contributed by atoms with Gasteiger partial charge in [0.15, 0.2) is 0 Å². The van der Waals surface area contributed by atoms with Gasteiger partial charge in [-0.25, -0.2) is 4.79 Å². The number of aromatic nitrogens is 2. The number of carbonyl (C=O) groups is 2. The standard InChI is InChI=1S/C14H21N5O2/c1-18-8-10(7-16-18)9-19-12(20)14(17-13(19)21)5-3-2-4-11(14)6-15/h7-8,11H,2-6,9,15H2,1H3,(H,17,21). The topological polar surface area (TPSA) is 93.3 Å². The van der Waals surface area contributed by atoms with Gasteiger partial charge >= 0.3 is 6.03 Å². The maximum absolute atomic E-state index is 12.8. The first kappa shape index (κ1) is 14.1. The van der Waals surface area contributed by atoms with Gasteiger partial charge in [-0.1, -0.05) is 12.8 Å². The molecular formula is C14H21N5O2. The number of aryl methyl sites for hydroxylation is 1. The number of rotatable bonds is 3. The van der Waals surface area contributed by atoms with E-state index in [-0.39, 0.29) is 24.4 Å². The smallest absolute Gasteiger partial charge is 0.325 e. The second-order valence-corrected chi connectivity index (χ2v) is 5.99. The molecule has 21 heavy (non-hydrogen) atoms. The summed E-state index contributed by atoms with van der Waals surface area (Å²) in [5.41, 5.74) is 5.89. The molecule has 2 heterocycles. The summed E-state index contributed by atoms with van der Waals surface area (Å²) in [6.45, 7) is 0.685. The monoisotopic (exact) mass is 291 g/mol. The van der Waals surface area contributed by atoms with Crippen LogP contribution in [0.1, 0.15) is 31.2 Å². The van der Waals surface area contributed by atoms with Gasteiger partial charge in [0.05, 0.1) is 12.7 Å². The molecule has 2 unspecified atom stereocenters. The van der Waals surface area contributed by atoms with E-state index in [4.69, 9.17) is 5.73 Å². The number of hydrogen-bond acceptors (Lipinski definition) is 4. The fraction of sp³-hybridized carbons (Fsp3) is 0.643. The molecule has 2 fully saturated rings. The molecule has 1 saturated carbocycles. The summed E-state index contributed by atoms with van der Waals surface area (Å²) in [4.78, 5) is 26.4. The van der Waals surface area contributed by atoms with Crippen molar-refractivity contribution >= 4 is 11.9 Å². The van der Waals surface area contributed by atoms with E-state index in [0.29, 0.717) is 13.0 Å². The molecule has 7 nitrogen and oxygen atoms in total. The highest BCUT2D eigenvalue weighted by molar-refractivity contribution is 6.07. The number of hydrogen-bond donors (Lipinski definition) is 2. The third-order valence-corrected chi connectivity index (χ3v) is 4.66. The molecule has 7 heteroatoms. The van der Waals surface area contributed by atoms with Gasteiger partial charge in [-0.2, -0.15) is 5.10 Å². The first-order valence-corrected chi connectivity index (χ1v) is 7.38. The van der Waals surface area contributed by atoms with E-state index in [2.05, 4.69) is 10.4 Å². The van der Waals surface area contributed by atoms with E-state index in [1.165, 1.54) is 4.90 Å². The summed E-state index contributed by atoms with van der Waals surface area (Å²) in [5.74, 6) is -0.104. The molecule has 2 atom stereocenters. The molecule has 1 aliphatic heterocycles. The number of amides is 3. The van der Waals surface area contributed by atoms with Crippen molar-refractivity contribution in [2.75, 3.05) is 6.54 Å². The molecule has 1 aromatic rings. The summed E-state index contributed by atoms with van der Waals surface area (Å²) in [5, 5.41) is 7.00. The van der Waals surface area contributed by atoms with Crippen LogP contribution in [-0.4, -0.2) is 38.7 Å². The maximum atomic E-state index is 12.8. The minimum absolute atomic E-state index is 0.0293. The molecule has 3 N–H and O–H groups in total. The Kier molecular flexibility index (Phi) is 3.44. The lowest BCUT2D eigenvalue weighted by Crippen LogP contribution is -2.56. The van der Waals surface area contributed by atoms with Gasteiger partial charge < -0.3 is 11.1 Å². The highest BCUT2D eigenvalue weighted by atomic mass is 16.2. The average molecular weight is 291 g/mol. The van der Waals surface area contributed by atoms with E-state index in [0.717, 1.165) is 24.8 Å². The van der Waals surface area contributed by atoms with Crippen molar-refractivity contribution < 1.29 is 9.59 Å². The minimum atomic E-state index is -0.785. The lowest BCUT2D eigenvalue weighted by molar-refractivity contribution is -0.134. The summed E-state index contributed by atoms with van der Waals surface area (Å²) in [6.07, 6.45) is 7.07. The number of nitrogens with one attached hydrogen (secondary N) is 1. The summed E-state index contributed by atoms with van der Waals surface area (Å²) in [6, 6.07) is -0.316. The molecule has 114 valence electrons.